The van der Waals surface area contributed by atoms with Gasteiger partial charge in [-0.3, -0.25) is 9.10 Å². The van der Waals surface area contributed by atoms with Crippen LogP contribution in [0.3, 0.4) is 0 Å². The smallest absolute Gasteiger partial charge is 0.264 e. The van der Waals surface area contributed by atoms with E-state index in [4.69, 9.17) is 0 Å². The zero-order valence-electron chi connectivity index (χ0n) is 17.0. The summed E-state index contributed by atoms with van der Waals surface area (Å²) < 4.78 is 26.9. The zero-order chi connectivity index (χ0) is 21.2. The van der Waals surface area contributed by atoms with E-state index in [1.54, 1.807) is 60.5 Å². The summed E-state index contributed by atoms with van der Waals surface area (Å²) in [5.74, 6) is -0.163. The van der Waals surface area contributed by atoms with Crippen molar-refractivity contribution in [1.82, 2.24) is 0 Å². The van der Waals surface area contributed by atoms with E-state index in [1.165, 1.54) is 11.4 Å². The summed E-state index contributed by atoms with van der Waals surface area (Å²) in [6.45, 7) is 3.90. The summed E-state index contributed by atoms with van der Waals surface area (Å²) in [7, 11) is -0.446. The number of amides is 1. The van der Waals surface area contributed by atoms with Gasteiger partial charge in [-0.1, -0.05) is 35.4 Å². The molecule has 5 nitrogen and oxygen atoms in total. The zero-order valence-corrected chi connectivity index (χ0v) is 17.8. The van der Waals surface area contributed by atoms with Crippen LogP contribution >= 0.6 is 0 Å². The van der Waals surface area contributed by atoms with Crippen LogP contribution in [0.25, 0.3) is 0 Å². The van der Waals surface area contributed by atoms with Gasteiger partial charge < -0.3 is 4.90 Å². The Morgan fingerprint density at radius 1 is 0.690 bits per heavy atom. The minimum atomic E-state index is -3.67. The Balaban J connectivity index is 1.81. The van der Waals surface area contributed by atoms with Crippen LogP contribution in [0.4, 0.5) is 11.4 Å². The van der Waals surface area contributed by atoms with Gasteiger partial charge >= 0.3 is 0 Å². The van der Waals surface area contributed by atoms with E-state index >= 15 is 0 Å². The van der Waals surface area contributed by atoms with Gasteiger partial charge in [0, 0.05) is 25.3 Å². The highest BCUT2D eigenvalue weighted by Crippen LogP contribution is 2.24. The van der Waals surface area contributed by atoms with Crippen molar-refractivity contribution in [3.8, 4) is 0 Å². The molecule has 0 heterocycles. The Morgan fingerprint density at radius 3 is 1.66 bits per heavy atom. The Labute approximate surface area is 172 Å². The summed E-state index contributed by atoms with van der Waals surface area (Å²) in [5, 5.41) is 0. The minimum absolute atomic E-state index is 0.163. The molecule has 150 valence electrons. The van der Waals surface area contributed by atoms with Crippen molar-refractivity contribution in [2.45, 2.75) is 18.7 Å². The van der Waals surface area contributed by atoms with Gasteiger partial charge in [-0.05, 0) is 62.4 Å². The summed E-state index contributed by atoms with van der Waals surface area (Å²) in [5.41, 5.74) is 3.88. The lowest BCUT2D eigenvalue weighted by Crippen LogP contribution is -2.27. The molecule has 0 aliphatic rings. The minimum Gasteiger partial charge on any atom is -0.311 e. The maximum atomic E-state index is 12.8. The predicted molar refractivity (Wildman–Crippen MR) is 117 cm³/mol. The third kappa shape index (κ3) is 4.32. The van der Waals surface area contributed by atoms with Gasteiger partial charge in [0.25, 0.3) is 15.9 Å². The number of anilines is 2. The molecule has 3 aromatic carbocycles. The summed E-state index contributed by atoms with van der Waals surface area (Å²) in [6, 6.07) is 21.0. The number of benzene rings is 3. The SMILES string of the molecule is Cc1ccc(N(C)C(=O)c2ccc(N(C)S(=O)(=O)c3ccc(C)cc3)cc2)cc1. The molecule has 0 atom stereocenters. The van der Waals surface area contributed by atoms with E-state index in [9.17, 15) is 13.2 Å². The number of hydrogen-bond acceptors (Lipinski definition) is 3. The summed E-state index contributed by atoms with van der Waals surface area (Å²) in [6.07, 6.45) is 0. The average molecular weight is 409 g/mol. The molecule has 0 fully saturated rings. The fourth-order valence-electron chi connectivity index (χ4n) is 2.90. The van der Waals surface area contributed by atoms with Gasteiger partial charge in [-0.15, -0.1) is 0 Å². The van der Waals surface area contributed by atoms with Gasteiger partial charge in [0.2, 0.25) is 0 Å². The van der Waals surface area contributed by atoms with E-state index in [0.29, 0.717) is 11.3 Å². The van der Waals surface area contributed by atoms with Crippen LogP contribution in [0, 0.1) is 13.8 Å². The van der Waals surface area contributed by atoms with Gasteiger partial charge in [0.1, 0.15) is 0 Å². The van der Waals surface area contributed by atoms with E-state index < -0.39 is 10.0 Å². The first-order chi connectivity index (χ1) is 13.7. The summed E-state index contributed by atoms with van der Waals surface area (Å²) >= 11 is 0. The normalized spacial score (nSPS) is 11.2. The molecule has 3 aromatic rings. The van der Waals surface area contributed by atoms with Crippen LogP contribution in [0.2, 0.25) is 0 Å². The first-order valence-electron chi connectivity index (χ1n) is 9.20. The predicted octanol–water partition coefficient (Wildman–Crippen LogP) is 4.41. The molecule has 0 unspecified atom stereocenters. The van der Waals surface area contributed by atoms with Gasteiger partial charge in [-0.2, -0.15) is 0 Å². The number of aryl methyl sites for hydroxylation is 2. The molecule has 0 spiro atoms. The van der Waals surface area contributed by atoms with Crippen molar-refractivity contribution in [3.05, 3.63) is 89.5 Å². The molecular formula is C23H24N2O3S. The number of rotatable bonds is 5. The molecule has 0 bridgehead atoms. The molecule has 0 aromatic heterocycles. The lowest BCUT2D eigenvalue weighted by atomic mass is 10.1. The molecule has 0 aliphatic heterocycles. The largest absolute Gasteiger partial charge is 0.311 e. The third-order valence-electron chi connectivity index (χ3n) is 4.88. The van der Waals surface area contributed by atoms with Crippen molar-refractivity contribution in [2.24, 2.45) is 0 Å². The Kier molecular flexibility index (Phi) is 5.75. The van der Waals surface area contributed by atoms with Crippen LogP contribution in [0.15, 0.2) is 77.7 Å². The molecule has 0 saturated heterocycles. The van der Waals surface area contributed by atoms with Crippen LogP contribution in [0.5, 0.6) is 0 Å². The summed E-state index contributed by atoms with van der Waals surface area (Å²) in [4.78, 5) is 14.6. The fraction of sp³-hybridized carbons (Fsp3) is 0.174. The van der Waals surface area contributed by atoms with Crippen LogP contribution < -0.4 is 9.21 Å². The molecule has 1 amide bonds. The first-order valence-corrected chi connectivity index (χ1v) is 10.6. The maximum absolute atomic E-state index is 12.8. The van der Waals surface area contributed by atoms with Crippen molar-refractivity contribution in [1.29, 1.82) is 0 Å². The number of carbonyl (C=O) groups excluding carboxylic acids is 1. The molecule has 6 heteroatoms. The first kappa shape index (κ1) is 20.6. The second-order valence-electron chi connectivity index (χ2n) is 7.03. The maximum Gasteiger partial charge on any atom is 0.264 e. The second-order valence-corrected chi connectivity index (χ2v) is 9.00. The molecule has 3 rings (SSSR count). The standard InChI is InChI=1S/C23H24N2O3S/c1-17-5-11-20(12-6-17)24(3)23(26)19-9-13-21(14-10-19)25(4)29(27,28)22-15-7-18(2)8-16-22/h5-16H,1-4H3. The van der Waals surface area contributed by atoms with E-state index in [1.807, 2.05) is 38.1 Å². The number of carbonyl (C=O) groups is 1. The monoisotopic (exact) mass is 408 g/mol. The fourth-order valence-corrected chi connectivity index (χ4v) is 4.10. The number of hydrogen-bond donors (Lipinski definition) is 0. The lowest BCUT2D eigenvalue weighted by Gasteiger charge is -2.21. The molecule has 29 heavy (non-hydrogen) atoms. The average Bonchev–Trinajstić information content (AvgIpc) is 2.73. The van der Waals surface area contributed by atoms with Crippen LogP contribution in [-0.2, 0) is 10.0 Å². The van der Waals surface area contributed by atoms with Crippen molar-refractivity contribution < 1.29 is 13.2 Å². The van der Waals surface area contributed by atoms with Crippen molar-refractivity contribution in [3.63, 3.8) is 0 Å². The van der Waals surface area contributed by atoms with Gasteiger partial charge in [-0.25, -0.2) is 8.42 Å². The highest BCUT2D eigenvalue weighted by atomic mass is 32.2. The Bertz CT molecular complexity index is 1100. The number of sulfonamides is 1. The highest BCUT2D eigenvalue weighted by Gasteiger charge is 2.21. The van der Waals surface area contributed by atoms with Crippen molar-refractivity contribution in [2.75, 3.05) is 23.3 Å². The lowest BCUT2D eigenvalue weighted by molar-refractivity contribution is 0.0993. The van der Waals surface area contributed by atoms with E-state index in [2.05, 4.69) is 0 Å². The van der Waals surface area contributed by atoms with Gasteiger partial charge in [0.15, 0.2) is 0 Å². The quantitative estimate of drug-likeness (QED) is 0.629. The second kappa shape index (κ2) is 8.09. The topological polar surface area (TPSA) is 57.7 Å². The van der Waals surface area contributed by atoms with Crippen LogP contribution in [0.1, 0.15) is 21.5 Å². The molecule has 0 saturated carbocycles. The Hall–Kier alpha value is -3.12. The van der Waals surface area contributed by atoms with Gasteiger partial charge in [0.05, 0.1) is 10.6 Å². The molecule has 0 radical (unpaired) electrons. The van der Waals surface area contributed by atoms with E-state index in [-0.39, 0.29) is 10.8 Å². The Morgan fingerprint density at radius 2 is 1.14 bits per heavy atom. The third-order valence-corrected chi connectivity index (χ3v) is 6.68. The van der Waals surface area contributed by atoms with E-state index in [0.717, 1.165) is 16.8 Å². The number of nitrogens with zero attached hydrogens (tertiary/aromatic N) is 2. The van der Waals surface area contributed by atoms with Crippen molar-refractivity contribution >= 4 is 27.3 Å². The molecular weight excluding hydrogens is 384 g/mol. The molecule has 0 N–H and O–H groups in total. The highest BCUT2D eigenvalue weighted by molar-refractivity contribution is 7.92. The molecule has 0 aliphatic carbocycles. The van der Waals surface area contributed by atoms with Crippen LogP contribution in [-0.4, -0.2) is 28.4 Å².